The number of methoxy groups -OCH3 is 1. The topological polar surface area (TPSA) is 29.5 Å². The molecule has 1 fully saturated rings. The minimum Gasteiger partial charge on any atom is -0.496 e. The van der Waals surface area contributed by atoms with Gasteiger partial charge in [0.15, 0.2) is 0 Å². The SMILES string of the molecule is COc1cc2c(cc1C1(O)CC1)CCC2. The summed E-state index contributed by atoms with van der Waals surface area (Å²) in [4.78, 5) is 0. The Morgan fingerprint density at radius 1 is 1.20 bits per heavy atom. The highest BCUT2D eigenvalue weighted by Gasteiger charge is 2.44. The fourth-order valence-corrected chi connectivity index (χ4v) is 2.52. The van der Waals surface area contributed by atoms with Crippen LogP contribution in [0.4, 0.5) is 0 Å². The lowest BCUT2D eigenvalue weighted by Gasteiger charge is -2.15. The molecule has 0 amide bonds. The molecule has 2 nitrogen and oxygen atoms in total. The van der Waals surface area contributed by atoms with Gasteiger partial charge in [-0.25, -0.2) is 0 Å². The first-order valence-electron chi connectivity index (χ1n) is 5.65. The monoisotopic (exact) mass is 204 g/mol. The van der Waals surface area contributed by atoms with E-state index in [1.54, 1.807) is 7.11 Å². The molecule has 0 bridgehead atoms. The van der Waals surface area contributed by atoms with Crippen molar-refractivity contribution >= 4 is 0 Å². The second-order valence-corrected chi connectivity index (χ2v) is 4.71. The van der Waals surface area contributed by atoms with E-state index >= 15 is 0 Å². The molecule has 80 valence electrons. The molecule has 0 aromatic heterocycles. The smallest absolute Gasteiger partial charge is 0.125 e. The highest BCUT2D eigenvalue weighted by molar-refractivity contribution is 5.49. The molecule has 0 aliphatic heterocycles. The second-order valence-electron chi connectivity index (χ2n) is 4.71. The molecule has 1 aromatic carbocycles. The highest BCUT2D eigenvalue weighted by atomic mass is 16.5. The summed E-state index contributed by atoms with van der Waals surface area (Å²) in [6.07, 6.45) is 5.30. The molecule has 0 heterocycles. The Morgan fingerprint density at radius 2 is 1.87 bits per heavy atom. The molecule has 0 unspecified atom stereocenters. The van der Waals surface area contributed by atoms with Crippen molar-refractivity contribution in [3.8, 4) is 5.75 Å². The molecule has 1 aromatic rings. The molecule has 0 radical (unpaired) electrons. The molecule has 1 N–H and O–H groups in total. The maximum absolute atomic E-state index is 10.2. The molecule has 15 heavy (non-hydrogen) atoms. The molecular weight excluding hydrogens is 188 g/mol. The van der Waals surface area contributed by atoms with E-state index in [4.69, 9.17) is 4.74 Å². The normalized spacial score (nSPS) is 21.2. The fourth-order valence-electron chi connectivity index (χ4n) is 2.52. The second kappa shape index (κ2) is 2.99. The van der Waals surface area contributed by atoms with Crippen LogP contribution in [-0.2, 0) is 18.4 Å². The summed E-state index contributed by atoms with van der Waals surface area (Å²) in [5.41, 5.74) is 3.24. The van der Waals surface area contributed by atoms with E-state index in [1.807, 2.05) is 0 Å². The zero-order valence-electron chi connectivity index (χ0n) is 9.05. The van der Waals surface area contributed by atoms with Crippen molar-refractivity contribution in [2.45, 2.75) is 37.7 Å². The van der Waals surface area contributed by atoms with Crippen LogP contribution in [-0.4, -0.2) is 12.2 Å². The van der Waals surface area contributed by atoms with E-state index in [9.17, 15) is 5.11 Å². The lowest BCUT2D eigenvalue weighted by Crippen LogP contribution is -2.07. The Hall–Kier alpha value is -1.02. The van der Waals surface area contributed by atoms with Crippen molar-refractivity contribution in [2.24, 2.45) is 0 Å². The average Bonchev–Trinajstić information content (AvgIpc) is 2.83. The predicted molar refractivity (Wildman–Crippen MR) is 58.1 cm³/mol. The number of hydrogen-bond donors (Lipinski definition) is 1. The third kappa shape index (κ3) is 1.36. The lowest BCUT2D eigenvalue weighted by molar-refractivity contribution is 0.147. The standard InChI is InChI=1S/C13H16O2/c1-15-12-8-10-4-2-3-9(10)7-11(12)13(14)5-6-13/h7-8,14H,2-6H2,1H3. The Bertz CT molecular complexity index is 405. The summed E-state index contributed by atoms with van der Waals surface area (Å²) < 4.78 is 5.38. The Labute approximate surface area is 89.9 Å². The van der Waals surface area contributed by atoms with Crippen molar-refractivity contribution in [3.05, 3.63) is 28.8 Å². The van der Waals surface area contributed by atoms with Crippen LogP contribution in [0.25, 0.3) is 0 Å². The number of aryl methyl sites for hydroxylation is 2. The Balaban J connectivity index is 2.12. The quantitative estimate of drug-likeness (QED) is 0.800. The summed E-state index contributed by atoms with van der Waals surface area (Å²) in [7, 11) is 1.69. The summed E-state index contributed by atoms with van der Waals surface area (Å²) in [5.74, 6) is 0.871. The van der Waals surface area contributed by atoms with Crippen LogP contribution in [0.1, 0.15) is 36.0 Å². The van der Waals surface area contributed by atoms with Crippen molar-refractivity contribution in [1.82, 2.24) is 0 Å². The number of rotatable bonds is 2. The van der Waals surface area contributed by atoms with Gasteiger partial charge in [0.05, 0.1) is 12.7 Å². The van der Waals surface area contributed by atoms with Crippen molar-refractivity contribution < 1.29 is 9.84 Å². The zero-order chi connectivity index (χ0) is 10.5. The largest absolute Gasteiger partial charge is 0.496 e. The van der Waals surface area contributed by atoms with Gasteiger partial charge >= 0.3 is 0 Å². The van der Waals surface area contributed by atoms with Crippen LogP contribution in [0.2, 0.25) is 0 Å². The highest BCUT2D eigenvalue weighted by Crippen LogP contribution is 2.49. The first-order valence-corrected chi connectivity index (χ1v) is 5.65. The minimum absolute atomic E-state index is 0.580. The zero-order valence-corrected chi connectivity index (χ0v) is 9.05. The summed E-state index contributed by atoms with van der Waals surface area (Å²) in [5, 5.41) is 10.2. The van der Waals surface area contributed by atoms with Gasteiger partial charge in [-0.1, -0.05) is 0 Å². The van der Waals surface area contributed by atoms with Gasteiger partial charge in [-0.05, 0) is 55.4 Å². The molecular formula is C13H16O2. The van der Waals surface area contributed by atoms with Gasteiger partial charge in [0.2, 0.25) is 0 Å². The molecule has 3 rings (SSSR count). The van der Waals surface area contributed by atoms with E-state index in [0.29, 0.717) is 0 Å². The number of benzene rings is 1. The number of ether oxygens (including phenoxy) is 1. The van der Waals surface area contributed by atoms with Gasteiger partial charge in [0.25, 0.3) is 0 Å². The molecule has 0 spiro atoms. The Morgan fingerprint density at radius 3 is 2.47 bits per heavy atom. The summed E-state index contributed by atoms with van der Waals surface area (Å²) in [6, 6.07) is 4.28. The number of hydrogen-bond acceptors (Lipinski definition) is 2. The van der Waals surface area contributed by atoms with Crippen LogP contribution in [0.3, 0.4) is 0 Å². The van der Waals surface area contributed by atoms with Crippen molar-refractivity contribution in [2.75, 3.05) is 7.11 Å². The predicted octanol–water partition coefficient (Wildman–Crippen LogP) is 2.17. The van der Waals surface area contributed by atoms with Crippen molar-refractivity contribution in [3.63, 3.8) is 0 Å². The summed E-state index contributed by atoms with van der Waals surface area (Å²) >= 11 is 0. The molecule has 2 aliphatic rings. The van der Waals surface area contributed by atoms with Gasteiger partial charge in [-0.2, -0.15) is 0 Å². The van der Waals surface area contributed by atoms with Crippen molar-refractivity contribution in [1.29, 1.82) is 0 Å². The van der Waals surface area contributed by atoms with Crippen LogP contribution in [0, 0.1) is 0 Å². The van der Waals surface area contributed by atoms with Crippen LogP contribution >= 0.6 is 0 Å². The fraction of sp³-hybridized carbons (Fsp3) is 0.538. The average molecular weight is 204 g/mol. The minimum atomic E-state index is -0.580. The third-order valence-electron chi connectivity index (χ3n) is 3.64. The van der Waals surface area contributed by atoms with E-state index in [1.165, 1.54) is 17.5 Å². The molecule has 0 saturated heterocycles. The van der Waals surface area contributed by atoms with E-state index in [0.717, 1.165) is 37.0 Å². The van der Waals surface area contributed by atoms with Gasteiger partial charge in [-0.3, -0.25) is 0 Å². The first-order chi connectivity index (χ1) is 7.23. The van der Waals surface area contributed by atoms with Gasteiger partial charge in [-0.15, -0.1) is 0 Å². The number of aliphatic hydroxyl groups is 1. The molecule has 2 heteroatoms. The van der Waals surface area contributed by atoms with Gasteiger partial charge in [0.1, 0.15) is 5.75 Å². The van der Waals surface area contributed by atoms with E-state index < -0.39 is 5.60 Å². The first kappa shape index (κ1) is 9.22. The van der Waals surface area contributed by atoms with Crippen LogP contribution in [0.15, 0.2) is 12.1 Å². The summed E-state index contributed by atoms with van der Waals surface area (Å²) in [6.45, 7) is 0. The molecule has 0 atom stereocenters. The maximum atomic E-state index is 10.2. The molecule has 1 saturated carbocycles. The number of fused-ring (bicyclic) bond motifs is 1. The van der Waals surface area contributed by atoms with Gasteiger partial charge in [0, 0.05) is 5.56 Å². The van der Waals surface area contributed by atoms with E-state index in [2.05, 4.69) is 12.1 Å². The van der Waals surface area contributed by atoms with Crippen LogP contribution in [0.5, 0.6) is 5.75 Å². The lowest BCUT2D eigenvalue weighted by atomic mass is 10.00. The van der Waals surface area contributed by atoms with Gasteiger partial charge < -0.3 is 9.84 Å². The molecule has 2 aliphatic carbocycles. The van der Waals surface area contributed by atoms with Crippen LogP contribution < -0.4 is 4.74 Å². The van der Waals surface area contributed by atoms with E-state index in [-0.39, 0.29) is 0 Å². The maximum Gasteiger partial charge on any atom is 0.125 e. The Kier molecular flexibility index (Phi) is 1.84. The third-order valence-corrected chi connectivity index (χ3v) is 3.64.